The normalized spacial score (nSPS) is 31.2. The molecule has 1 heterocycles. The van der Waals surface area contributed by atoms with Crippen LogP contribution in [0.4, 0.5) is 0 Å². The molecule has 0 amide bonds. The van der Waals surface area contributed by atoms with Gasteiger partial charge < -0.3 is 9.55 Å². The van der Waals surface area contributed by atoms with Gasteiger partial charge in [-0.05, 0) is 45.7 Å². The number of esters is 1. The molecule has 0 atom stereocenters. The second kappa shape index (κ2) is 6.57. The molecule has 0 spiro atoms. The van der Waals surface area contributed by atoms with Crippen LogP contribution in [0.2, 0.25) is 0 Å². The van der Waals surface area contributed by atoms with E-state index in [0.717, 1.165) is 51.9 Å². The Morgan fingerprint density at radius 3 is 2.33 bits per heavy atom. The second-order valence-electron chi connectivity index (χ2n) is 5.33. The molecule has 0 N–H and O–H groups in total. The number of piperazine rings is 1. The predicted molar refractivity (Wildman–Crippen MR) is 71.3 cm³/mol. The molecule has 18 heavy (non-hydrogen) atoms. The number of nitrogens with zero attached hydrogens (tertiary/aromatic N) is 2. The van der Waals surface area contributed by atoms with Crippen molar-refractivity contribution >= 4 is 14.0 Å². The van der Waals surface area contributed by atoms with Crippen LogP contribution in [0.15, 0.2) is 0 Å². The van der Waals surface area contributed by atoms with Gasteiger partial charge in [0.25, 0.3) is 0 Å². The largest absolute Gasteiger partial charge is 0.466 e. The third-order valence-corrected chi connectivity index (χ3v) is 4.18. The minimum atomic E-state index is 0.00253. The summed E-state index contributed by atoms with van der Waals surface area (Å²) in [5.41, 5.74) is 0. The summed E-state index contributed by atoms with van der Waals surface area (Å²) in [7, 11) is 5.77. The van der Waals surface area contributed by atoms with E-state index >= 15 is 0 Å². The molecule has 1 aliphatic carbocycles. The molecule has 100 valence electrons. The Hall–Kier alpha value is -0.545. The first-order valence-corrected chi connectivity index (χ1v) is 7.11. The lowest BCUT2D eigenvalue weighted by atomic mass is 9.85. The summed E-state index contributed by atoms with van der Waals surface area (Å²) in [5.74, 6) is 0.139. The van der Waals surface area contributed by atoms with Crippen molar-refractivity contribution < 1.29 is 9.53 Å². The highest BCUT2D eigenvalue weighted by Gasteiger charge is 2.30. The molecule has 2 rings (SSSR count). The summed E-state index contributed by atoms with van der Waals surface area (Å²) in [5, 5.41) is 0. The maximum absolute atomic E-state index is 11.7. The van der Waals surface area contributed by atoms with Gasteiger partial charge in [0, 0.05) is 19.1 Å². The fraction of sp³-hybridized carbons (Fsp3) is 0.923. The van der Waals surface area contributed by atoms with Crippen LogP contribution in [0.1, 0.15) is 32.6 Å². The minimum Gasteiger partial charge on any atom is -0.466 e. The number of carbonyl (C=O) groups is 1. The van der Waals surface area contributed by atoms with Crippen LogP contribution in [-0.2, 0) is 9.53 Å². The zero-order valence-electron chi connectivity index (χ0n) is 11.3. The van der Waals surface area contributed by atoms with Crippen LogP contribution in [0.3, 0.4) is 0 Å². The van der Waals surface area contributed by atoms with Crippen molar-refractivity contribution in [2.24, 2.45) is 5.92 Å². The summed E-state index contributed by atoms with van der Waals surface area (Å²) in [4.78, 5) is 16.1. The molecular formula is C13H23BN2O2. The van der Waals surface area contributed by atoms with E-state index in [1.807, 2.05) is 11.7 Å². The van der Waals surface area contributed by atoms with Crippen molar-refractivity contribution in [1.29, 1.82) is 0 Å². The van der Waals surface area contributed by atoms with Gasteiger partial charge in [0.15, 0.2) is 7.98 Å². The Bertz CT molecular complexity index is 272. The number of rotatable bonds is 3. The number of ether oxygens (including phenoxy) is 1. The number of hydrogen-bond acceptors (Lipinski definition) is 4. The summed E-state index contributed by atoms with van der Waals surface area (Å²) < 4.78 is 5.10. The Labute approximate surface area is 111 Å². The van der Waals surface area contributed by atoms with Crippen molar-refractivity contribution in [2.45, 2.75) is 38.6 Å². The summed E-state index contributed by atoms with van der Waals surface area (Å²) >= 11 is 0. The monoisotopic (exact) mass is 250 g/mol. The van der Waals surface area contributed by atoms with Gasteiger partial charge >= 0.3 is 5.97 Å². The smallest absolute Gasteiger partial charge is 0.308 e. The average molecular weight is 250 g/mol. The van der Waals surface area contributed by atoms with E-state index in [4.69, 9.17) is 12.7 Å². The van der Waals surface area contributed by atoms with E-state index in [2.05, 4.69) is 4.90 Å². The molecule has 2 fully saturated rings. The van der Waals surface area contributed by atoms with Gasteiger partial charge in [-0.1, -0.05) is 0 Å². The van der Waals surface area contributed by atoms with Crippen molar-refractivity contribution in [3.63, 3.8) is 0 Å². The highest BCUT2D eigenvalue weighted by Crippen LogP contribution is 2.28. The van der Waals surface area contributed by atoms with E-state index in [0.29, 0.717) is 12.6 Å². The summed E-state index contributed by atoms with van der Waals surface area (Å²) in [6, 6.07) is 0.643. The van der Waals surface area contributed by atoms with Crippen LogP contribution in [0, 0.1) is 5.92 Å². The average Bonchev–Trinajstić information content (AvgIpc) is 2.40. The van der Waals surface area contributed by atoms with E-state index < -0.39 is 0 Å². The zero-order chi connectivity index (χ0) is 13.0. The lowest BCUT2D eigenvalue weighted by Gasteiger charge is -2.41. The Kier molecular flexibility index (Phi) is 5.07. The fourth-order valence-corrected chi connectivity index (χ4v) is 3.04. The molecule has 2 radical (unpaired) electrons. The number of hydrogen-bond donors (Lipinski definition) is 0. The zero-order valence-corrected chi connectivity index (χ0v) is 11.3. The molecule has 1 aliphatic heterocycles. The van der Waals surface area contributed by atoms with Crippen LogP contribution in [-0.4, -0.2) is 62.5 Å². The molecule has 1 saturated heterocycles. The van der Waals surface area contributed by atoms with Gasteiger partial charge in [0.05, 0.1) is 12.5 Å². The third kappa shape index (κ3) is 3.48. The molecule has 0 unspecified atom stereocenters. The first-order valence-electron chi connectivity index (χ1n) is 7.11. The van der Waals surface area contributed by atoms with Crippen molar-refractivity contribution in [3.05, 3.63) is 0 Å². The highest BCUT2D eigenvalue weighted by molar-refractivity contribution is 6.04. The lowest BCUT2D eigenvalue weighted by Crippen LogP contribution is -2.50. The second-order valence-corrected chi connectivity index (χ2v) is 5.33. The van der Waals surface area contributed by atoms with Gasteiger partial charge in [0.2, 0.25) is 0 Å². The molecular weight excluding hydrogens is 227 g/mol. The van der Waals surface area contributed by atoms with Crippen molar-refractivity contribution in [2.75, 3.05) is 32.8 Å². The molecule has 2 aliphatic rings. The molecule has 1 saturated carbocycles. The quantitative estimate of drug-likeness (QED) is 0.548. The van der Waals surface area contributed by atoms with Gasteiger partial charge in [-0.15, -0.1) is 0 Å². The van der Waals surface area contributed by atoms with Gasteiger partial charge in [0.1, 0.15) is 0 Å². The van der Waals surface area contributed by atoms with Crippen LogP contribution in [0.25, 0.3) is 0 Å². The van der Waals surface area contributed by atoms with E-state index in [1.165, 1.54) is 0 Å². The fourth-order valence-electron chi connectivity index (χ4n) is 3.04. The predicted octanol–water partition coefficient (Wildman–Crippen LogP) is 0.809. The van der Waals surface area contributed by atoms with Gasteiger partial charge in [-0.3, -0.25) is 9.69 Å². The van der Waals surface area contributed by atoms with Gasteiger partial charge in [-0.2, -0.15) is 0 Å². The Morgan fingerprint density at radius 1 is 1.17 bits per heavy atom. The van der Waals surface area contributed by atoms with E-state index in [1.54, 1.807) is 0 Å². The first-order chi connectivity index (χ1) is 8.70. The molecule has 0 aromatic carbocycles. The maximum atomic E-state index is 11.7. The molecule has 5 heteroatoms. The molecule has 0 aromatic heterocycles. The van der Waals surface area contributed by atoms with E-state index in [-0.39, 0.29) is 11.9 Å². The Morgan fingerprint density at radius 2 is 1.78 bits per heavy atom. The van der Waals surface area contributed by atoms with Crippen LogP contribution < -0.4 is 0 Å². The maximum Gasteiger partial charge on any atom is 0.308 e. The molecule has 0 bridgehead atoms. The Balaban J connectivity index is 1.74. The first kappa shape index (κ1) is 13.9. The molecule has 0 aromatic rings. The highest BCUT2D eigenvalue weighted by atomic mass is 16.5. The van der Waals surface area contributed by atoms with Crippen molar-refractivity contribution in [1.82, 2.24) is 9.71 Å². The van der Waals surface area contributed by atoms with Crippen molar-refractivity contribution in [3.8, 4) is 0 Å². The summed E-state index contributed by atoms with van der Waals surface area (Å²) in [6.45, 7) is 6.40. The van der Waals surface area contributed by atoms with Crippen LogP contribution >= 0.6 is 0 Å². The summed E-state index contributed by atoms with van der Waals surface area (Å²) in [6.07, 6.45) is 4.20. The van der Waals surface area contributed by atoms with Gasteiger partial charge in [-0.25, -0.2) is 0 Å². The third-order valence-electron chi connectivity index (χ3n) is 4.18. The van der Waals surface area contributed by atoms with E-state index in [9.17, 15) is 4.79 Å². The topological polar surface area (TPSA) is 32.8 Å². The van der Waals surface area contributed by atoms with Crippen LogP contribution in [0.5, 0.6) is 0 Å². The number of carbonyl (C=O) groups excluding carboxylic acids is 1. The standard InChI is InChI=1S/C13H23BN2O2/c1-2-18-13(17)11-3-5-12(6-4-11)15-7-9-16(14)10-8-15/h11-12H,2-10H2,1H3. The SMILES string of the molecule is [B]N1CCN(C2CCC(C(=O)OCC)CC2)CC1. The lowest BCUT2D eigenvalue weighted by molar-refractivity contribution is -0.149. The molecule has 4 nitrogen and oxygen atoms in total. The minimum absolute atomic E-state index is 0.00253.